The summed E-state index contributed by atoms with van der Waals surface area (Å²) in [5, 5.41) is 18.7. The Morgan fingerprint density at radius 3 is 2.83 bits per heavy atom. The minimum atomic E-state index is -0.0684. The van der Waals surface area contributed by atoms with E-state index in [1.54, 1.807) is 21.8 Å². The lowest BCUT2D eigenvalue weighted by molar-refractivity contribution is 0.0767. The van der Waals surface area contributed by atoms with E-state index in [4.69, 9.17) is 4.74 Å². The summed E-state index contributed by atoms with van der Waals surface area (Å²) in [5.41, 5.74) is 1.29. The van der Waals surface area contributed by atoms with Crippen molar-refractivity contribution in [1.29, 1.82) is 0 Å². The maximum absolute atomic E-state index is 12.4. The van der Waals surface area contributed by atoms with Crippen LogP contribution in [0.4, 0.5) is 0 Å². The average Bonchev–Trinajstić information content (AvgIpc) is 3.21. The molecule has 0 bridgehead atoms. The first-order valence-corrected chi connectivity index (χ1v) is 10.9. The number of ether oxygens (including phenoxy) is 1. The van der Waals surface area contributed by atoms with Gasteiger partial charge in [-0.3, -0.25) is 14.4 Å². The van der Waals surface area contributed by atoms with Gasteiger partial charge >= 0.3 is 0 Å². The zero-order valence-electron chi connectivity index (χ0n) is 18.3. The van der Waals surface area contributed by atoms with E-state index in [-0.39, 0.29) is 11.7 Å². The summed E-state index contributed by atoms with van der Waals surface area (Å²) < 4.78 is 7.29. The van der Waals surface area contributed by atoms with Gasteiger partial charge < -0.3 is 14.7 Å². The summed E-state index contributed by atoms with van der Waals surface area (Å²) in [7, 11) is 0. The fourth-order valence-electron chi connectivity index (χ4n) is 4.08. The van der Waals surface area contributed by atoms with Gasteiger partial charge in [0.2, 0.25) is 0 Å². The molecule has 8 heteroatoms. The van der Waals surface area contributed by atoms with Crippen molar-refractivity contribution >= 4 is 5.91 Å². The third kappa shape index (κ3) is 5.30. The highest BCUT2D eigenvalue weighted by atomic mass is 16.5. The SMILES string of the molecule is CCOc1cccc(CN2CCC[C@H](Cn3cc(C(=O)N(CC)CC)nn3)C2)c1O. The van der Waals surface area contributed by atoms with Crippen molar-refractivity contribution in [3.8, 4) is 11.5 Å². The number of rotatable bonds is 9. The number of aromatic nitrogens is 3. The van der Waals surface area contributed by atoms with Gasteiger partial charge in [-0.25, -0.2) is 0 Å². The molecule has 1 aliphatic rings. The summed E-state index contributed by atoms with van der Waals surface area (Å²) in [5.74, 6) is 1.13. The predicted octanol–water partition coefficient (Wildman–Crippen LogP) is 2.78. The van der Waals surface area contributed by atoms with E-state index in [9.17, 15) is 9.90 Å². The summed E-state index contributed by atoms with van der Waals surface area (Å²) in [6.07, 6.45) is 3.97. The van der Waals surface area contributed by atoms with E-state index >= 15 is 0 Å². The highest BCUT2D eigenvalue weighted by Gasteiger charge is 2.23. The third-order valence-corrected chi connectivity index (χ3v) is 5.63. The average molecular weight is 416 g/mol. The summed E-state index contributed by atoms with van der Waals surface area (Å²) in [6.45, 7) is 11.0. The molecule has 1 fully saturated rings. The fraction of sp³-hybridized carbons (Fsp3) is 0.591. The smallest absolute Gasteiger partial charge is 0.276 e. The molecular weight excluding hydrogens is 382 g/mol. The van der Waals surface area contributed by atoms with Gasteiger partial charge in [0.15, 0.2) is 17.2 Å². The molecule has 3 rings (SSSR count). The molecule has 0 radical (unpaired) electrons. The molecule has 1 atom stereocenters. The summed E-state index contributed by atoms with van der Waals surface area (Å²) >= 11 is 0. The minimum absolute atomic E-state index is 0.0684. The number of phenols is 1. The number of benzene rings is 1. The first-order chi connectivity index (χ1) is 14.5. The predicted molar refractivity (Wildman–Crippen MR) is 115 cm³/mol. The van der Waals surface area contributed by atoms with Crippen LogP contribution >= 0.6 is 0 Å². The molecule has 1 aromatic carbocycles. The Labute approximate surface area is 178 Å². The molecule has 1 aliphatic heterocycles. The number of hydrogen-bond donors (Lipinski definition) is 1. The molecule has 1 saturated heterocycles. The van der Waals surface area contributed by atoms with Crippen LogP contribution in [0.5, 0.6) is 11.5 Å². The molecule has 1 amide bonds. The van der Waals surface area contributed by atoms with E-state index < -0.39 is 0 Å². The number of carbonyl (C=O) groups excluding carboxylic acids is 1. The molecule has 164 valence electrons. The number of likely N-dealkylation sites (tertiary alicyclic amines) is 1. The van der Waals surface area contributed by atoms with Gasteiger partial charge in [-0.05, 0) is 52.1 Å². The van der Waals surface area contributed by atoms with Crippen LogP contribution in [0.2, 0.25) is 0 Å². The summed E-state index contributed by atoms with van der Waals surface area (Å²) in [6, 6.07) is 5.67. The highest BCUT2D eigenvalue weighted by molar-refractivity contribution is 5.91. The molecule has 0 saturated carbocycles. The molecule has 1 N–H and O–H groups in total. The zero-order valence-corrected chi connectivity index (χ0v) is 18.3. The van der Waals surface area contributed by atoms with Crippen LogP contribution in [0.25, 0.3) is 0 Å². The zero-order chi connectivity index (χ0) is 21.5. The minimum Gasteiger partial charge on any atom is -0.504 e. The fourth-order valence-corrected chi connectivity index (χ4v) is 4.08. The topological polar surface area (TPSA) is 83.7 Å². The molecule has 8 nitrogen and oxygen atoms in total. The molecule has 0 aliphatic carbocycles. The normalized spacial score (nSPS) is 17.1. The van der Waals surface area contributed by atoms with Gasteiger partial charge in [-0.1, -0.05) is 17.3 Å². The number of piperidine rings is 1. The van der Waals surface area contributed by atoms with Gasteiger partial charge in [-0.15, -0.1) is 5.10 Å². The number of carbonyl (C=O) groups is 1. The van der Waals surface area contributed by atoms with E-state index in [2.05, 4.69) is 15.2 Å². The van der Waals surface area contributed by atoms with Crippen molar-refractivity contribution in [3.63, 3.8) is 0 Å². The molecular formula is C22H33N5O3. The van der Waals surface area contributed by atoms with Crippen molar-refractivity contribution in [3.05, 3.63) is 35.7 Å². The second kappa shape index (κ2) is 10.4. The van der Waals surface area contributed by atoms with Gasteiger partial charge in [0.05, 0.1) is 12.8 Å². The largest absolute Gasteiger partial charge is 0.504 e. The lowest BCUT2D eigenvalue weighted by Crippen LogP contribution is -2.36. The Morgan fingerprint density at radius 1 is 1.30 bits per heavy atom. The molecule has 1 aromatic heterocycles. The van der Waals surface area contributed by atoms with E-state index in [0.29, 0.717) is 43.6 Å². The first-order valence-electron chi connectivity index (χ1n) is 10.9. The Kier molecular flexibility index (Phi) is 7.68. The molecule has 2 heterocycles. The van der Waals surface area contributed by atoms with Crippen LogP contribution in [-0.2, 0) is 13.1 Å². The number of hydrogen-bond acceptors (Lipinski definition) is 6. The Balaban J connectivity index is 1.60. The second-order valence-electron chi connectivity index (χ2n) is 7.74. The van der Waals surface area contributed by atoms with Gasteiger partial charge in [0.1, 0.15) is 0 Å². The van der Waals surface area contributed by atoms with Crippen LogP contribution in [-0.4, -0.2) is 68.6 Å². The Morgan fingerprint density at radius 2 is 2.10 bits per heavy atom. The number of aromatic hydroxyl groups is 1. The Bertz CT molecular complexity index is 834. The van der Waals surface area contributed by atoms with Crippen LogP contribution in [0.3, 0.4) is 0 Å². The van der Waals surface area contributed by atoms with Crippen LogP contribution in [0, 0.1) is 5.92 Å². The Hall–Kier alpha value is -2.61. The number of para-hydroxylation sites is 1. The van der Waals surface area contributed by atoms with E-state index in [1.807, 2.05) is 32.9 Å². The number of amides is 1. The van der Waals surface area contributed by atoms with Crippen molar-refractivity contribution in [2.45, 2.75) is 46.7 Å². The maximum atomic E-state index is 12.4. The van der Waals surface area contributed by atoms with Gasteiger partial charge in [-0.2, -0.15) is 0 Å². The monoisotopic (exact) mass is 415 g/mol. The highest BCUT2D eigenvalue weighted by Crippen LogP contribution is 2.31. The van der Waals surface area contributed by atoms with Crippen LogP contribution in [0.15, 0.2) is 24.4 Å². The summed E-state index contributed by atoms with van der Waals surface area (Å²) in [4.78, 5) is 16.6. The lowest BCUT2D eigenvalue weighted by Gasteiger charge is -2.32. The quantitative estimate of drug-likeness (QED) is 0.678. The third-order valence-electron chi connectivity index (χ3n) is 5.63. The molecule has 30 heavy (non-hydrogen) atoms. The molecule has 0 unspecified atom stereocenters. The van der Waals surface area contributed by atoms with Crippen LogP contribution in [0.1, 0.15) is 49.7 Å². The van der Waals surface area contributed by atoms with E-state index in [0.717, 1.165) is 38.0 Å². The molecule has 2 aromatic rings. The van der Waals surface area contributed by atoms with Crippen molar-refractivity contribution in [1.82, 2.24) is 24.8 Å². The standard InChI is InChI=1S/C22H33N5O3/c1-4-26(5-2)22(29)19-16-27(24-23-19)14-17-9-8-12-25(13-17)15-18-10-7-11-20(21(18)28)30-6-3/h7,10-11,16-17,28H,4-6,8-9,12-15H2,1-3H3/t17-/m0/s1. The van der Waals surface area contributed by atoms with Crippen molar-refractivity contribution < 1.29 is 14.6 Å². The first kappa shape index (κ1) is 22.1. The maximum Gasteiger partial charge on any atom is 0.276 e. The van der Waals surface area contributed by atoms with Gasteiger partial charge in [0, 0.05) is 38.3 Å². The van der Waals surface area contributed by atoms with Crippen molar-refractivity contribution in [2.24, 2.45) is 5.92 Å². The van der Waals surface area contributed by atoms with E-state index in [1.165, 1.54) is 0 Å². The van der Waals surface area contributed by atoms with Gasteiger partial charge in [0.25, 0.3) is 5.91 Å². The lowest BCUT2D eigenvalue weighted by atomic mass is 9.97. The second-order valence-corrected chi connectivity index (χ2v) is 7.74. The number of nitrogens with zero attached hydrogens (tertiary/aromatic N) is 5. The number of phenolic OH excluding ortho intramolecular Hbond substituents is 1. The molecule has 0 spiro atoms. The van der Waals surface area contributed by atoms with Crippen molar-refractivity contribution in [2.75, 3.05) is 32.8 Å². The van der Waals surface area contributed by atoms with Crippen LogP contribution < -0.4 is 4.74 Å².